The molecular formula is C7H6N3. The van der Waals surface area contributed by atoms with Gasteiger partial charge in [-0.05, 0) is 19.1 Å². The van der Waals surface area contributed by atoms with Crippen molar-refractivity contribution >= 4 is 5.65 Å². The van der Waals surface area contributed by atoms with E-state index in [9.17, 15) is 0 Å². The molecule has 0 aliphatic carbocycles. The van der Waals surface area contributed by atoms with Crippen LogP contribution in [0.2, 0.25) is 0 Å². The smallest absolute Gasteiger partial charge is 0.153 e. The molecule has 0 amide bonds. The summed E-state index contributed by atoms with van der Waals surface area (Å²) in [5, 5.41) is 4.02. The van der Waals surface area contributed by atoms with Crippen molar-refractivity contribution in [1.82, 2.24) is 14.6 Å². The molecule has 1 radical (unpaired) electrons. The van der Waals surface area contributed by atoms with Crippen LogP contribution in [-0.4, -0.2) is 14.6 Å². The Balaban J connectivity index is 2.88. The largest absolute Gasteiger partial charge is 0.232 e. The van der Waals surface area contributed by atoms with Gasteiger partial charge >= 0.3 is 0 Å². The Kier molecular flexibility index (Phi) is 0.974. The predicted molar refractivity (Wildman–Crippen MR) is 37.4 cm³/mol. The van der Waals surface area contributed by atoms with Crippen LogP contribution in [0.4, 0.5) is 0 Å². The molecule has 3 nitrogen and oxygen atoms in total. The van der Waals surface area contributed by atoms with Gasteiger partial charge in [-0.1, -0.05) is 0 Å². The molecule has 2 heterocycles. The minimum atomic E-state index is 0.749. The van der Waals surface area contributed by atoms with Gasteiger partial charge in [-0.3, -0.25) is 0 Å². The first-order valence-corrected chi connectivity index (χ1v) is 2.98. The Morgan fingerprint density at radius 2 is 2.40 bits per heavy atom. The van der Waals surface area contributed by atoms with Gasteiger partial charge in [-0.2, -0.15) is 5.10 Å². The first-order chi connectivity index (χ1) is 4.86. The third kappa shape index (κ3) is 0.673. The lowest BCUT2D eigenvalue weighted by molar-refractivity contribution is 0.935. The monoisotopic (exact) mass is 132 g/mol. The second-order valence-corrected chi connectivity index (χ2v) is 2.06. The molecule has 0 bridgehead atoms. The van der Waals surface area contributed by atoms with E-state index in [0.717, 1.165) is 11.3 Å². The van der Waals surface area contributed by atoms with Crippen molar-refractivity contribution in [3.63, 3.8) is 0 Å². The van der Waals surface area contributed by atoms with Crippen molar-refractivity contribution in [1.29, 1.82) is 0 Å². The fraction of sp³-hybridized carbons (Fsp3) is 0. The number of hydrogen-bond donors (Lipinski definition) is 0. The molecule has 0 saturated heterocycles. The molecule has 0 aliphatic heterocycles. The number of aromatic nitrogens is 3. The van der Waals surface area contributed by atoms with Crippen molar-refractivity contribution in [3.8, 4) is 0 Å². The van der Waals surface area contributed by atoms with Crippen LogP contribution < -0.4 is 0 Å². The normalized spacial score (nSPS) is 10.5. The second kappa shape index (κ2) is 1.80. The van der Waals surface area contributed by atoms with Crippen molar-refractivity contribution in [3.05, 3.63) is 37.1 Å². The minimum Gasteiger partial charge on any atom is -0.232 e. The van der Waals surface area contributed by atoms with Crippen molar-refractivity contribution in [2.24, 2.45) is 0 Å². The molecule has 10 heavy (non-hydrogen) atoms. The lowest BCUT2D eigenvalue weighted by Crippen LogP contribution is -1.85. The van der Waals surface area contributed by atoms with Gasteiger partial charge in [0.05, 0.1) is 11.9 Å². The van der Waals surface area contributed by atoms with Crippen LogP contribution in [-0.2, 0) is 0 Å². The first kappa shape index (κ1) is 5.41. The van der Waals surface area contributed by atoms with E-state index in [1.165, 1.54) is 0 Å². The maximum Gasteiger partial charge on any atom is 0.153 e. The van der Waals surface area contributed by atoms with Crippen LogP contribution in [0.15, 0.2) is 24.5 Å². The summed E-state index contributed by atoms with van der Waals surface area (Å²) in [6.07, 6.45) is 3.50. The SMILES string of the molecule is [CH2]c1cn2ncccc2n1. The van der Waals surface area contributed by atoms with Crippen LogP contribution in [0.5, 0.6) is 0 Å². The summed E-state index contributed by atoms with van der Waals surface area (Å²) in [6, 6.07) is 3.74. The van der Waals surface area contributed by atoms with E-state index < -0.39 is 0 Å². The van der Waals surface area contributed by atoms with Gasteiger partial charge in [-0.25, -0.2) is 9.50 Å². The zero-order valence-corrected chi connectivity index (χ0v) is 5.36. The van der Waals surface area contributed by atoms with Crippen LogP contribution in [0.1, 0.15) is 5.69 Å². The highest BCUT2D eigenvalue weighted by molar-refractivity contribution is 5.37. The summed E-state index contributed by atoms with van der Waals surface area (Å²) in [5.74, 6) is 0. The standard InChI is InChI=1S/C7H6N3/c1-6-5-10-7(9-6)3-2-4-8-10/h2-5H,1H2. The molecule has 2 aromatic heterocycles. The molecule has 0 N–H and O–H groups in total. The van der Waals surface area contributed by atoms with Gasteiger partial charge in [0.25, 0.3) is 0 Å². The van der Waals surface area contributed by atoms with E-state index in [1.807, 2.05) is 12.1 Å². The summed E-state index contributed by atoms with van der Waals surface area (Å²) in [7, 11) is 0. The van der Waals surface area contributed by atoms with Crippen LogP contribution in [0.3, 0.4) is 0 Å². The van der Waals surface area contributed by atoms with Gasteiger partial charge in [-0.15, -0.1) is 0 Å². The summed E-state index contributed by atoms with van der Waals surface area (Å²) < 4.78 is 1.70. The Labute approximate surface area is 58.3 Å². The fourth-order valence-corrected chi connectivity index (χ4v) is 0.880. The first-order valence-electron chi connectivity index (χ1n) is 2.98. The van der Waals surface area contributed by atoms with Gasteiger partial charge in [0.15, 0.2) is 5.65 Å². The van der Waals surface area contributed by atoms with E-state index in [1.54, 1.807) is 16.9 Å². The lowest BCUT2D eigenvalue weighted by Gasteiger charge is -1.85. The van der Waals surface area contributed by atoms with Crippen LogP contribution >= 0.6 is 0 Å². The molecule has 49 valence electrons. The van der Waals surface area contributed by atoms with E-state index >= 15 is 0 Å². The van der Waals surface area contributed by atoms with Crippen LogP contribution in [0, 0.1) is 6.92 Å². The summed E-state index contributed by atoms with van der Waals surface area (Å²) in [4.78, 5) is 4.10. The predicted octanol–water partition coefficient (Wildman–Crippen LogP) is 0.911. The highest BCUT2D eigenvalue weighted by Gasteiger charge is 1.93. The minimum absolute atomic E-state index is 0.749. The molecule has 0 saturated carbocycles. The summed E-state index contributed by atoms with van der Waals surface area (Å²) in [6.45, 7) is 3.69. The van der Waals surface area contributed by atoms with E-state index in [-0.39, 0.29) is 0 Å². The molecule has 0 spiro atoms. The topological polar surface area (TPSA) is 30.2 Å². The Morgan fingerprint density at radius 1 is 1.50 bits per heavy atom. The molecule has 0 atom stereocenters. The molecule has 0 aromatic carbocycles. The van der Waals surface area contributed by atoms with Gasteiger partial charge in [0, 0.05) is 6.20 Å². The number of rotatable bonds is 0. The molecule has 2 rings (SSSR count). The summed E-state index contributed by atoms with van der Waals surface area (Å²) >= 11 is 0. The van der Waals surface area contributed by atoms with E-state index in [2.05, 4.69) is 17.0 Å². The number of imidazole rings is 1. The molecular weight excluding hydrogens is 126 g/mol. The number of fused-ring (bicyclic) bond motifs is 1. The number of nitrogens with zero attached hydrogens (tertiary/aromatic N) is 3. The lowest BCUT2D eigenvalue weighted by atomic mass is 10.6. The average molecular weight is 132 g/mol. The Hall–Kier alpha value is -1.38. The second-order valence-electron chi connectivity index (χ2n) is 2.06. The fourth-order valence-electron chi connectivity index (χ4n) is 0.880. The molecule has 3 heteroatoms. The van der Waals surface area contributed by atoms with E-state index in [0.29, 0.717) is 0 Å². The summed E-state index contributed by atoms with van der Waals surface area (Å²) in [5.41, 5.74) is 1.59. The van der Waals surface area contributed by atoms with Crippen molar-refractivity contribution in [2.45, 2.75) is 0 Å². The van der Waals surface area contributed by atoms with Crippen molar-refractivity contribution in [2.75, 3.05) is 0 Å². The number of hydrogen-bond acceptors (Lipinski definition) is 2. The average Bonchev–Trinajstić information content (AvgIpc) is 2.27. The molecule has 0 fully saturated rings. The maximum atomic E-state index is 4.10. The molecule has 0 unspecified atom stereocenters. The van der Waals surface area contributed by atoms with Gasteiger partial charge < -0.3 is 0 Å². The van der Waals surface area contributed by atoms with Gasteiger partial charge in [0.2, 0.25) is 0 Å². The van der Waals surface area contributed by atoms with Crippen LogP contribution in [0.25, 0.3) is 5.65 Å². The zero-order valence-electron chi connectivity index (χ0n) is 5.36. The third-order valence-electron chi connectivity index (χ3n) is 1.29. The third-order valence-corrected chi connectivity index (χ3v) is 1.29. The molecule has 0 aliphatic rings. The van der Waals surface area contributed by atoms with Gasteiger partial charge in [0.1, 0.15) is 0 Å². The maximum absolute atomic E-state index is 4.10. The molecule has 2 aromatic rings. The Bertz CT molecular complexity index is 317. The Morgan fingerprint density at radius 3 is 3.20 bits per heavy atom. The highest BCUT2D eigenvalue weighted by Crippen LogP contribution is 1.99. The quantitative estimate of drug-likeness (QED) is 0.533. The highest BCUT2D eigenvalue weighted by atomic mass is 15.2. The van der Waals surface area contributed by atoms with Crippen molar-refractivity contribution < 1.29 is 0 Å². The van der Waals surface area contributed by atoms with E-state index in [4.69, 9.17) is 0 Å². The zero-order chi connectivity index (χ0) is 6.97.